The number of nitrogens with zero attached hydrogens (tertiary/aromatic N) is 2. The maximum absolute atomic E-state index is 12.5. The second kappa shape index (κ2) is 11.1. The number of esters is 1. The lowest BCUT2D eigenvalue weighted by molar-refractivity contribution is -0.149. The number of sulfonamides is 1. The molecule has 31 heavy (non-hydrogen) atoms. The summed E-state index contributed by atoms with van der Waals surface area (Å²) in [7, 11) is -2.52. The van der Waals surface area contributed by atoms with Gasteiger partial charge in [0, 0.05) is 12.2 Å². The Morgan fingerprint density at radius 1 is 1.13 bits per heavy atom. The number of para-hydroxylation sites is 1. The fraction of sp³-hybridized carbons (Fsp3) is 0.286. The fourth-order valence-electron chi connectivity index (χ4n) is 2.61. The van der Waals surface area contributed by atoms with Crippen molar-refractivity contribution in [1.29, 1.82) is 5.26 Å². The highest BCUT2D eigenvalue weighted by molar-refractivity contribution is 7.89. The van der Waals surface area contributed by atoms with Crippen molar-refractivity contribution in [3.05, 3.63) is 54.6 Å². The van der Waals surface area contributed by atoms with Crippen LogP contribution in [0.5, 0.6) is 5.75 Å². The van der Waals surface area contributed by atoms with Crippen LogP contribution in [0.2, 0.25) is 0 Å². The number of carbonyl (C=O) groups is 2. The van der Waals surface area contributed by atoms with Gasteiger partial charge < -0.3 is 14.4 Å². The third-order valence-corrected chi connectivity index (χ3v) is 5.77. The first-order chi connectivity index (χ1) is 14.8. The van der Waals surface area contributed by atoms with E-state index in [0.29, 0.717) is 11.4 Å². The molecular weight excluding hydrogens is 422 g/mol. The predicted molar refractivity (Wildman–Crippen MR) is 113 cm³/mol. The van der Waals surface area contributed by atoms with E-state index in [9.17, 15) is 18.0 Å². The Bertz CT molecular complexity index is 1030. The van der Waals surface area contributed by atoms with Crippen LogP contribution in [-0.4, -0.2) is 46.6 Å². The molecule has 0 fully saturated rings. The van der Waals surface area contributed by atoms with Crippen LogP contribution in [-0.2, 0) is 24.3 Å². The Hall–Kier alpha value is -3.42. The van der Waals surface area contributed by atoms with Crippen molar-refractivity contribution in [1.82, 2.24) is 4.72 Å². The summed E-state index contributed by atoms with van der Waals surface area (Å²) in [6.07, 6.45) is 0.104. The lowest BCUT2D eigenvalue weighted by Gasteiger charge is -2.22. The van der Waals surface area contributed by atoms with Gasteiger partial charge in [-0.2, -0.15) is 9.98 Å². The summed E-state index contributed by atoms with van der Waals surface area (Å²) < 4.78 is 37.1. The maximum Gasteiger partial charge on any atom is 0.324 e. The molecule has 1 unspecified atom stereocenters. The van der Waals surface area contributed by atoms with E-state index in [1.165, 1.54) is 43.2 Å². The van der Waals surface area contributed by atoms with Crippen LogP contribution < -0.4 is 14.4 Å². The smallest absolute Gasteiger partial charge is 0.324 e. The van der Waals surface area contributed by atoms with Crippen molar-refractivity contribution in [3.63, 3.8) is 0 Å². The number of methoxy groups -OCH3 is 1. The van der Waals surface area contributed by atoms with Gasteiger partial charge in [0.15, 0.2) is 6.61 Å². The van der Waals surface area contributed by atoms with E-state index in [1.807, 2.05) is 6.07 Å². The average molecular weight is 445 g/mol. The van der Waals surface area contributed by atoms with E-state index in [-0.39, 0.29) is 17.9 Å². The van der Waals surface area contributed by atoms with Crippen molar-refractivity contribution >= 4 is 27.6 Å². The highest BCUT2D eigenvalue weighted by Crippen LogP contribution is 2.16. The van der Waals surface area contributed by atoms with Gasteiger partial charge in [-0.15, -0.1) is 0 Å². The number of amides is 1. The Balaban J connectivity index is 1.98. The van der Waals surface area contributed by atoms with Gasteiger partial charge in [0.2, 0.25) is 10.0 Å². The van der Waals surface area contributed by atoms with Gasteiger partial charge in [0.25, 0.3) is 5.91 Å². The van der Waals surface area contributed by atoms with Gasteiger partial charge in [0.1, 0.15) is 11.8 Å². The summed E-state index contributed by atoms with van der Waals surface area (Å²) in [5.74, 6) is -0.942. The Morgan fingerprint density at radius 3 is 2.35 bits per heavy atom. The van der Waals surface area contributed by atoms with Crippen LogP contribution in [0.3, 0.4) is 0 Å². The van der Waals surface area contributed by atoms with Crippen molar-refractivity contribution in [2.45, 2.75) is 24.3 Å². The molecule has 0 bridgehead atoms. The number of hydrogen-bond donors (Lipinski definition) is 1. The normalized spacial score (nSPS) is 11.8. The Morgan fingerprint density at radius 2 is 1.77 bits per heavy atom. The number of anilines is 1. The zero-order valence-corrected chi connectivity index (χ0v) is 18.0. The third kappa shape index (κ3) is 6.80. The van der Waals surface area contributed by atoms with Crippen molar-refractivity contribution < 1.29 is 27.5 Å². The van der Waals surface area contributed by atoms with Crippen LogP contribution in [0.1, 0.15) is 13.3 Å². The second-order valence-electron chi connectivity index (χ2n) is 6.42. The van der Waals surface area contributed by atoms with Crippen molar-refractivity contribution in [2.24, 2.45) is 0 Å². The quantitative estimate of drug-likeness (QED) is 0.553. The molecule has 1 atom stereocenters. The van der Waals surface area contributed by atoms with Gasteiger partial charge in [0.05, 0.1) is 24.5 Å². The number of nitriles is 1. The van der Waals surface area contributed by atoms with Gasteiger partial charge in [-0.1, -0.05) is 18.2 Å². The first-order valence-corrected chi connectivity index (χ1v) is 10.8. The van der Waals surface area contributed by atoms with Crippen LogP contribution in [0.15, 0.2) is 59.5 Å². The zero-order valence-electron chi connectivity index (χ0n) is 17.1. The number of rotatable bonds is 10. The molecule has 10 heteroatoms. The monoisotopic (exact) mass is 445 g/mol. The molecule has 0 heterocycles. The lowest BCUT2D eigenvalue weighted by Crippen LogP contribution is -2.41. The first kappa shape index (κ1) is 23.9. The minimum atomic E-state index is -3.98. The molecule has 0 aliphatic carbocycles. The van der Waals surface area contributed by atoms with Crippen molar-refractivity contribution in [3.8, 4) is 11.8 Å². The van der Waals surface area contributed by atoms with E-state index in [1.54, 1.807) is 30.3 Å². The molecule has 0 saturated carbocycles. The van der Waals surface area contributed by atoms with Crippen LogP contribution in [0, 0.1) is 11.3 Å². The average Bonchev–Trinajstić information content (AvgIpc) is 2.78. The van der Waals surface area contributed by atoms with E-state index in [0.717, 1.165) is 0 Å². The second-order valence-corrected chi connectivity index (χ2v) is 8.13. The van der Waals surface area contributed by atoms with Gasteiger partial charge >= 0.3 is 5.97 Å². The van der Waals surface area contributed by atoms with E-state index < -0.39 is 34.5 Å². The molecule has 0 aliphatic rings. The summed E-state index contributed by atoms with van der Waals surface area (Å²) in [6.45, 7) is 0.864. The van der Waals surface area contributed by atoms with E-state index >= 15 is 0 Å². The summed E-state index contributed by atoms with van der Waals surface area (Å²) >= 11 is 0. The predicted octanol–water partition coefficient (Wildman–Crippen LogP) is 1.85. The zero-order chi connectivity index (χ0) is 22.9. The third-order valence-electron chi connectivity index (χ3n) is 4.21. The topological polar surface area (TPSA) is 126 Å². The van der Waals surface area contributed by atoms with Crippen LogP contribution in [0.4, 0.5) is 5.69 Å². The van der Waals surface area contributed by atoms with Crippen molar-refractivity contribution in [2.75, 3.05) is 25.2 Å². The molecule has 0 saturated heterocycles. The minimum absolute atomic E-state index is 0.0456. The molecule has 0 aliphatic heterocycles. The molecule has 0 aromatic heterocycles. The number of hydrogen-bond acceptors (Lipinski definition) is 7. The highest BCUT2D eigenvalue weighted by Gasteiger charge is 2.25. The van der Waals surface area contributed by atoms with Gasteiger partial charge in [-0.3, -0.25) is 9.59 Å². The Kier molecular flexibility index (Phi) is 8.54. The summed E-state index contributed by atoms with van der Waals surface area (Å²) in [5, 5.41) is 8.82. The standard InChI is InChI=1S/C21H23N3O6S/c1-16(23-31(27,28)19-11-9-18(29-2)10-12-19)21(26)30-15-20(25)24(14-6-13-22)17-7-4-3-5-8-17/h3-5,7-12,16,23H,6,14-15H2,1-2H3. The Labute approximate surface area is 181 Å². The largest absolute Gasteiger partial charge is 0.497 e. The first-order valence-electron chi connectivity index (χ1n) is 9.34. The fourth-order valence-corrected chi connectivity index (χ4v) is 3.80. The molecule has 1 amide bonds. The van der Waals surface area contributed by atoms with Gasteiger partial charge in [-0.25, -0.2) is 8.42 Å². The molecule has 2 aromatic rings. The molecule has 164 valence electrons. The summed E-state index contributed by atoms with van der Waals surface area (Å²) in [5.41, 5.74) is 0.562. The number of benzene rings is 2. The summed E-state index contributed by atoms with van der Waals surface area (Å²) in [4.78, 5) is 26.1. The van der Waals surface area contributed by atoms with Gasteiger partial charge in [-0.05, 0) is 43.3 Å². The molecule has 9 nitrogen and oxygen atoms in total. The van der Waals surface area contributed by atoms with Crippen LogP contribution in [0.25, 0.3) is 0 Å². The van der Waals surface area contributed by atoms with E-state index in [4.69, 9.17) is 14.7 Å². The van der Waals surface area contributed by atoms with E-state index in [2.05, 4.69) is 4.72 Å². The lowest BCUT2D eigenvalue weighted by atomic mass is 10.2. The molecule has 2 rings (SSSR count). The molecule has 1 N–H and O–H groups in total. The minimum Gasteiger partial charge on any atom is -0.497 e. The SMILES string of the molecule is COc1ccc(S(=O)(=O)NC(C)C(=O)OCC(=O)N(CCC#N)c2ccccc2)cc1. The summed E-state index contributed by atoms with van der Waals surface area (Å²) in [6, 6.07) is 15.1. The number of ether oxygens (including phenoxy) is 2. The number of nitrogens with one attached hydrogen (secondary N) is 1. The number of carbonyl (C=O) groups excluding carboxylic acids is 2. The molecular formula is C21H23N3O6S. The molecule has 0 spiro atoms. The molecule has 2 aromatic carbocycles. The van der Waals surface area contributed by atoms with Crippen LogP contribution >= 0.6 is 0 Å². The maximum atomic E-state index is 12.5. The highest BCUT2D eigenvalue weighted by atomic mass is 32.2. The molecule has 0 radical (unpaired) electrons.